The number of aliphatic hydroxyl groups excluding tert-OH is 2. The number of thiol groups is 2. The van der Waals surface area contributed by atoms with Crippen molar-refractivity contribution in [3.63, 3.8) is 0 Å². The van der Waals surface area contributed by atoms with E-state index in [0.717, 1.165) is 0 Å². The zero-order valence-electron chi connectivity index (χ0n) is 65.1. The molecule has 0 bridgehead atoms. The molecule has 644 valence electrons. The highest BCUT2D eigenvalue weighted by Gasteiger charge is 2.38. The van der Waals surface area contributed by atoms with E-state index in [1.54, 1.807) is 81.4 Å². The van der Waals surface area contributed by atoms with E-state index in [-0.39, 0.29) is 94.9 Å². The van der Waals surface area contributed by atoms with Crippen LogP contribution in [0.2, 0.25) is 0 Å². The number of carboxylic acids is 1. The Bertz CT molecular complexity index is 3650. The normalized spacial score (nSPS) is 14.7. The molecule has 45 heteroatoms. The minimum absolute atomic E-state index is 0.00835. The summed E-state index contributed by atoms with van der Waals surface area (Å²) in [6, 6.07) is -3.47. The third kappa shape index (κ3) is 38.6. The van der Waals surface area contributed by atoms with Crippen LogP contribution in [0.25, 0.3) is 0 Å². The van der Waals surface area contributed by atoms with Gasteiger partial charge in [0, 0.05) is 44.0 Å². The molecule has 15 atom stereocenters. The Kier molecular flexibility index (Phi) is 47.1. The van der Waals surface area contributed by atoms with Crippen LogP contribution in [0.3, 0.4) is 0 Å². The lowest BCUT2D eigenvalue weighted by Gasteiger charge is -2.30. The Morgan fingerprint density at radius 1 is 0.422 bits per heavy atom. The third-order valence-corrected chi connectivity index (χ3v) is 18.5. The van der Waals surface area contributed by atoms with E-state index >= 15 is 0 Å². The number of carbonyl (C=O) groups excluding carboxylic acids is 16. The summed E-state index contributed by atoms with van der Waals surface area (Å²) in [6.45, 7) is 4.36. The molecule has 0 fully saturated rings. The van der Waals surface area contributed by atoms with E-state index in [2.05, 4.69) is 116 Å². The molecule has 0 aromatic heterocycles. The van der Waals surface area contributed by atoms with Crippen molar-refractivity contribution in [2.24, 2.45) is 34.8 Å². The maximum absolute atomic E-state index is 14.5. The molecule has 0 saturated heterocycles. The number of urea groups is 1. The summed E-state index contributed by atoms with van der Waals surface area (Å²) in [6.07, 6.45) is -0.562. The number of nitrogens with one attached hydrogen (secondary N) is 19. The standard InChI is InChI=1S/C71H113N23O20S2/c1-6-37(3)55(93-60(105)44(22-16-26-80-71(77)114)85-53(99)31-81-52(98)30-82-59(104)46(27-40-17-10-8-11-18-40)87-57(102)39(5)83-65(110)50(35-115)91-64(109)49(34-97)90-58(103)43(72)33-96)67(112)89-48(29-54(100)101)63(108)86-45(23-15-25-79-70(75)76)61(106)94-56(38(4)7-2)68(113)92-51(36-116)66(111)88-47(28-41-19-12-9-13-20-41)62(107)84-42(32-95)21-14-24-78-69(73)74/h8-13,17-20,32,37-39,42-51,55-56,96-97,115-116H,6-7,14-16,21-31,33-36,72H2,1-5H3,(H,81,98)(H,82,104)(H,83,110)(H,84,107)(H,85,99)(H,86,108)(H,87,102)(H,88,111)(H,89,112)(H,90,103)(H,91,109)(H,92,113)(H,93,105)(H,94,106)(H,100,101)(H4,73,74,78)(H4,75,76,79)(H3,77,80,114)/t37-,38-,39+,42-,43-,44-,45-,46-,47-,48-,49-,50-,51-,55-,56-/m0/s1. The summed E-state index contributed by atoms with van der Waals surface area (Å²) in [5, 5.41) is 85.6. The summed E-state index contributed by atoms with van der Waals surface area (Å²) in [5.74, 6) is -18.3. The van der Waals surface area contributed by atoms with Crippen molar-refractivity contribution < 1.29 is 96.8 Å². The van der Waals surface area contributed by atoms with E-state index in [9.17, 15) is 91.7 Å². The molecule has 0 aliphatic carbocycles. The number of amides is 16. The highest BCUT2D eigenvalue weighted by atomic mass is 32.1. The number of hydrogen-bond donors (Lipinski definition) is 28. The van der Waals surface area contributed by atoms with Crippen molar-refractivity contribution in [3.05, 3.63) is 71.8 Å². The molecule has 0 aliphatic heterocycles. The molecule has 0 unspecified atom stereocenters. The van der Waals surface area contributed by atoms with Crippen molar-refractivity contribution in [2.45, 2.75) is 184 Å². The smallest absolute Gasteiger partial charge is 0.312 e. The first-order valence-electron chi connectivity index (χ1n) is 37.3. The number of benzene rings is 2. The molecular formula is C71H113N23O20S2. The van der Waals surface area contributed by atoms with Crippen LogP contribution in [-0.4, -0.2) is 264 Å². The van der Waals surface area contributed by atoms with Crippen LogP contribution in [0.5, 0.6) is 0 Å². The van der Waals surface area contributed by atoms with Gasteiger partial charge in [0.2, 0.25) is 82.7 Å². The number of nitrogens with two attached hydrogens (primary N) is 4. The minimum Gasteiger partial charge on any atom is -0.481 e. The molecular weight excluding hydrogens is 1560 g/mol. The number of carbonyl (C=O) groups is 17. The summed E-state index contributed by atoms with van der Waals surface area (Å²) in [5.41, 5.74) is 22.7. The zero-order chi connectivity index (χ0) is 87.1. The van der Waals surface area contributed by atoms with Gasteiger partial charge in [-0.3, -0.25) is 82.7 Å². The highest BCUT2D eigenvalue weighted by molar-refractivity contribution is 7.80. The van der Waals surface area contributed by atoms with Gasteiger partial charge in [-0.15, -0.1) is 0 Å². The summed E-state index contributed by atoms with van der Waals surface area (Å²) < 4.78 is 0. The van der Waals surface area contributed by atoms with E-state index in [4.69, 9.17) is 38.9 Å². The molecule has 2 aromatic rings. The van der Waals surface area contributed by atoms with Crippen LogP contribution in [0, 0.1) is 22.7 Å². The predicted molar refractivity (Wildman–Crippen MR) is 427 cm³/mol. The van der Waals surface area contributed by atoms with E-state index in [1.807, 2.05) is 0 Å². The zero-order valence-corrected chi connectivity index (χ0v) is 66.9. The van der Waals surface area contributed by atoms with Gasteiger partial charge in [-0.25, -0.2) is 4.79 Å². The first-order chi connectivity index (χ1) is 54.9. The molecule has 0 aliphatic rings. The first-order valence-corrected chi connectivity index (χ1v) is 38.5. The van der Waals surface area contributed by atoms with Crippen molar-refractivity contribution in [1.82, 2.24) is 90.4 Å². The summed E-state index contributed by atoms with van der Waals surface area (Å²) in [7, 11) is 0. The second kappa shape index (κ2) is 54.4. The number of aliphatic hydroxyl groups is 2. The van der Waals surface area contributed by atoms with Crippen molar-refractivity contribution >= 4 is 138 Å². The molecule has 0 saturated carbocycles. The molecule has 16 amide bonds. The molecule has 43 nitrogen and oxygen atoms in total. The van der Waals surface area contributed by atoms with Gasteiger partial charge in [0.1, 0.15) is 78.8 Å². The highest BCUT2D eigenvalue weighted by Crippen LogP contribution is 2.15. The molecule has 0 spiro atoms. The first kappa shape index (κ1) is 101. The van der Waals surface area contributed by atoms with E-state index in [0.29, 0.717) is 23.8 Å². The van der Waals surface area contributed by atoms with Crippen LogP contribution in [0.15, 0.2) is 60.7 Å². The minimum atomic E-state index is -2.00. The molecule has 2 rings (SSSR count). The topological polar surface area (TPSA) is 707 Å². The Balaban J connectivity index is 2.38. The Labute approximate surface area is 681 Å². The van der Waals surface area contributed by atoms with E-state index < -0.39 is 224 Å². The van der Waals surface area contributed by atoms with Crippen molar-refractivity contribution in [2.75, 3.05) is 57.4 Å². The number of aldehydes is 1. The Hall–Kier alpha value is -11.5. The van der Waals surface area contributed by atoms with Gasteiger partial charge in [0.05, 0.1) is 38.8 Å². The number of rotatable bonds is 55. The average molecular weight is 1670 g/mol. The number of primary amides is 1. The van der Waals surface area contributed by atoms with Crippen LogP contribution in [0.1, 0.15) is 104 Å². The Morgan fingerprint density at radius 3 is 1.27 bits per heavy atom. The second-order valence-corrected chi connectivity index (χ2v) is 27.7. The second-order valence-electron chi connectivity index (χ2n) is 27.0. The van der Waals surface area contributed by atoms with Gasteiger partial charge in [-0.2, -0.15) is 25.3 Å². The van der Waals surface area contributed by atoms with Crippen molar-refractivity contribution in [3.8, 4) is 0 Å². The summed E-state index contributed by atoms with van der Waals surface area (Å²) in [4.78, 5) is 229. The maximum Gasteiger partial charge on any atom is 0.312 e. The third-order valence-electron chi connectivity index (χ3n) is 17.8. The monoisotopic (exact) mass is 1670 g/mol. The number of hydrogen-bond acceptors (Lipinski definition) is 24. The van der Waals surface area contributed by atoms with Crippen molar-refractivity contribution in [1.29, 1.82) is 10.8 Å². The SMILES string of the molecule is CC[C@H](C)[C@H](NC(=O)[C@H](CCCNC(N)=O)NC(=O)CNC(=O)CNC(=O)[C@H](Cc1ccccc1)NC(=O)[C@@H](C)NC(=O)[C@H](CS)NC(=O)[C@H](CO)NC(=O)[C@@H](N)CO)C(=O)N[C@@H](CC(=O)O)C(=O)N[C@@H](CCCNC(=N)N)C(=O)N[C@H](C(=O)N[C@@H](CS)C(=O)N[C@@H](Cc1ccccc1)C(=O)N[C@H](C=O)CCCNC(=N)N)[C@@H](C)CC. The fraction of sp³-hybridized carbons (Fsp3) is 0.563. The molecule has 2 aromatic carbocycles. The average Bonchev–Trinajstić information content (AvgIpc) is 0.854. The van der Waals surface area contributed by atoms with Crippen LogP contribution in [0.4, 0.5) is 4.79 Å². The lowest BCUT2D eigenvalue weighted by atomic mass is 9.96. The Morgan fingerprint density at radius 2 is 0.810 bits per heavy atom. The van der Waals surface area contributed by atoms with Gasteiger partial charge < -0.3 is 133 Å². The molecule has 30 N–H and O–H groups in total. The maximum atomic E-state index is 14.5. The van der Waals surface area contributed by atoms with Gasteiger partial charge in [0.25, 0.3) is 0 Å². The largest absolute Gasteiger partial charge is 0.481 e. The van der Waals surface area contributed by atoms with Crippen LogP contribution < -0.4 is 113 Å². The molecule has 116 heavy (non-hydrogen) atoms. The van der Waals surface area contributed by atoms with Gasteiger partial charge in [-0.1, -0.05) is 101 Å². The van der Waals surface area contributed by atoms with Gasteiger partial charge >= 0.3 is 12.0 Å². The fourth-order valence-corrected chi connectivity index (χ4v) is 11.3. The lowest BCUT2D eigenvalue weighted by Crippen LogP contribution is -2.62. The quantitative estimate of drug-likeness (QED) is 0.00961. The number of guanidine groups is 2. The number of carboxylic acid groups (broad SMARTS) is 1. The van der Waals surface area contributed by atoms with Gasteiger partial charge in [-0.05, 0) is 68.4 Å². The number of aliphatic carboxylic acids is 1. The molecule has 0 heterocycles. The lowest BCUT2D eigenvalue weighted by molar-refractivity contribution is -0.142. The molecule has 0 radical (unpaired) electrons. The predicted octanol–water partition coefficient (Wildman–Crippen LogP) is -8.55. The van der Waals surface area contributed by atoms with Gasteiger partial charge in [0.15, 0.2) is 11.9 Å². The van der Waals surface area contributed by atoms with Crippen LogP contribution >= 0.6 is 25.3 Å². The van der Waals surface area contributed by atoms with E-state index in [1.165, 1.54) is 13.8 Å². The fourth-order valence-electron chi connectivity index (χ4n) is 10.7. The van der Waals surface area contributed by atoms with Crippen LogP contribution in [-0.2, 0) is 89.6 Å². The summed E-state index contributed by atoms with van der Waals surface area (Å²) >= 11 is 8.40.